The molecule has 1 fully saturated rings. The number of nitrogens with zero attached hydrogens (tertiary/aromatic N) is 1. The molecule has 1 rings (SSSR count). The molecule has 1 saturated heterocycles. The Morgan fingerprint density at radius 2 is 2.12 bits per heavy atom. The van der Waals surface area contributed by atoms with Crippen molar-refractivity contribution in [2.75, 3.05) is 13.1 Å². The van der Waals surface area contributed by atoms with Gasteiger partial charge in [-0.2, -0.15) is 13.2 Å². The number of hydrogen-bond donors (Lipinski definition) is 1. The van der Waals surface area contributed by atoms with Crippen LogP contribution in [-0.2, 0) is 4.79 Å². The van der Waals surface area contributed by atoms with Crippen molar-refractivity contribution < 1.29 is 23.1 Å². The molecule has 0 saturated carbocycles. The molecule has 0 amide bonds. The maximum Gasteiger partial charge on any atom is 0.389 e. The van der Waals surface area contributed by atoms with Gasteiger partial charge in [0.1, 0.15) is 0 Å². The summed E-state index contributed by atoms with van der Waals surface area (Å²) < 4.78 is 35.8. The number of alkyl halides is 3. The predicted octanol–water partition coefficient (Wildman–Crippen LogP) is 2.12. The summed E-state index contributed by atoms with van der Waals surface area (Å²) in [5.41, 5.74) is 0. The van der Waals surface area contributed by atoms with Gasteiger partial charge in [-0.15, -0.1) is 0 Å². The van der Waals surface area contributed by atoms with Gasteiger partial charge in [0, 0.05) is 12.5 Å². The molecule has 2 unspecified atom stereocenters. The van der Waals surface area contributed by atoms with Gasteiger partial charge in [0.2, 0.25) is 0 Å². The van der Waals surface area contributed by atoms with Gasteiger partial charge in [0.15, 0.2) is 0 Å². The highest BCUT2D eigenvalue weighted by Crippen LogP contribution is 2.26. The van der Waals surface area contributed by atoms with E-state index in [1.165, 1.54) is 0 Å². The van der Waals surface area contributed by atoms with Crippen molar-refractivity contribution in [3.8, 4) is 0 Å². The van der Waals surface area contributed by atoms with Crippen molar-refractivity contribution in [3.63, 3.8) is 0 Å². The molecule has 94 valence electrons. The van der Waals surface area contributed by atoms with Crippen LogP contribution < -0.4 is 0 Å². The minimum absolute atomic E-state index is 0.0418. The van der Waals surface area contributed by atoms with E-state index >= 15 is 0 Å². The molecule has 0 aromatic rings. The average molecular weight is 239 g/mol. The molecule has 0 aromatic heterocycles. The van der Waals surface area contributed by atoms with Gasteiger partial charge >= 0.3 is 12.1 Å². The van der Waals surface area contributed by atoms with Crippen LogP contribution in [0.2, 0.25) is 0 Å². The number of carboxylic acid groups (broad SMARTS) is 1. The molecule has 16 heavy (non-hydrogen) atoms. The molecule has 0 radical (unpaired) electrons. The molecule has 6 heteroatoms. The van der Waals surface area contributed by atoms with Gasteiger partial charge < -0.3 is 5.11 Å². The molecule has 1 aliphatic rings. The number of likely N-dealkylation sites (tertiary alicyclic amines) is 1. The lowest BCUT2D eigenvalue weighted by atomic mass is 10.0. The number of carboxylic acids is 1. The van der Waals surface area contributed by atoms with E-state index in [-0.39, 0.29) is 12.5 Å². The highest BCUT2D eigenvalue weighted by atomic mass is 19.4. The first-order valence-electron chi connectivity index (χ1n) is 5.35. The summed E-state index contributed by atoms with van der Waals surface area (Å²) in [5.74, 6) is -1.29. The van der Waals surface area contributed by atoms with Gasteiger partial charge in [0.05, 0.1) is 5.92 Å². The predicted molar refractivity (Wildman–Crippen MR) is 52.1 cm³/mol. The van der Waals surface area contributed by atoms with Gasteiger partial charge in [-0.1, -0.05) is 0 Å². The second kappa shape index (κ2) is 5.03. The monoisotopic (exact) mass is 239 g/mol. The fraction of sp³-hybridized carbons (Fsp3) is 0.900. The average Bonchev–Trinajstić information content (AvgIpc) is 2.46. The summed E-state index contributed by atoms with van der Waals surface area (Å²) in [6, 6.07) is -0.161. The minimum Gasteiger partial charge on any atom is -0.481 e. The standard InChI is InChI=1S/C10H16F3NO2/c1-7-8(9(15)16)3-6-14(7)5-2-4-10(11,12)13/h7-8H,2-6H2,1H3,(H,15,16). The van der Waals surface area contributed by atoms with Crippen LogP contribution in [-0.4, -0.2) is 41.3 Å². The molecule has 1 N–H and O–H groups in total. The Morgan fingerprint density at radius 1 is 1.50 bits per heavy atom. The Hall–Kier alpha value is -0.780. The van der Waals surface area contributed by atoms with Crippen molar-refractivity contribution in [1.29, 1.82) is 0 Å². The largest absolute Gasteiger partial charge is 0.481 e. The number of aliphatic carboxylic acids is 1. The fourth-order valence-corrected chi connectivity index (χ4v) is 2.13. The molecule has 1 heterocycles. The first-order valence-corrected chi connectivity index (χ1v) is 5.35. The summed E-state index contributed by atoms with van der Waals surface area (Å²) in [6.45, 7) is 2.67. The Morgan fingerprint density at radius 3 is 2.56 bits per heavy atom. The van der Waals surface area contributed by atoms with Gasteiger partial charge in [-0.3, -0.25) is 9.69 Å². The van der Waals surface area contributed by atoms with Gasteiger partial charge in [-0.25, -0.2) is 0 Å². The summed E-state index contributed by atoms with van der Waals surface area (Å²) in [5, 5.41) is 8.85. The zero-order valence-corrected chi connectivity index (χ0v) is 9.13. The summed E-state index contributed by atoms with van der Waals surface area (Å²) >= 11 is 0. The van der Waals surface area contributed by atoms with Crippen LogP contribution in [0.1, 0.15) is 26.2 Å². The van der Waals surface area contributed by atoms with Gasteiger partial charge in [0.25, 0.3) is 0 Å². The highest BCUT2D eigenvalue weighted by Gasteiger charge is 2.35. The van der Waals surface area contributed by atoms with E-state index in [9.17, 15) is 18.0 Å². The van der Waals surface area contributed by atoms with E-state index in [4.69, 9.17) is 5.11 Å². The van der Waals surface area contributed by atoms with Crippen molar-refractivity contribution >= 4 is 5.97 Å². The van der Waals surface area contributed by atoms with Crippen LogP contribution in [0.4, 0.5) is 13.2 Å². The molecule has 0 aromatic carbocycles. The van der Waals surface area contributed by atoms with Crippen LogP contribution in [0.5, 0.6) is 0 Å². The maximum atomic E-state index is 11.9. The van der Waals surface area contributed by atoms with Crippen molar-refractivity contribution in [3.05, 3.63) is 0 Å². The quantitative estimate of drug-likeness (QED) is 0.817. The smallest absolute Gasteiger partial charge is 0.389 e. The van der Waals surface area contributed by atoms with Crippen molar-refractivity contribution in [1.82, 2.24) is 4.90 Å². The summed E-state index contributed by atoms with van der Waals surface area (Å²) in [4.78, 5) is 12.6. The third kappa shape index (κ3) is 3.66. The molecule has 0 aliphatic carbocycles. The molecular formula is C10H16F3NO2. The summed E-state index contributed by atoms with van der Waals surface area (Å²) in [6.07, 6.45) is -4.34. The molecule has 0 bridgehead atoms. The molecular weight excluding hydrogens is 223 g/mol. The molecule has 1 aliphatic heterocycles. The Labute approximate surface area is 92.2 Å². The second-order valence-corrected chi connectivity index (χ2v) is 4.23. The lowest BCUT2D eigenvalue weighted by Gasteiger charge is -2.23. The SMILES string of the molecule is CC1C(C(=O)O)CCN1CCCC(F)(F)F. The van der Waals surface area contributed by atoms with Crippen LogP contribution in [0.25, 0.3) is 0 Å². The van der Waals surface area contributed by atoms with Crippen LogP contribution >= 0.6 is 0 Å². The van der Waals surface area contributed by atoms with E-state index in [1.807, 2.05) is 4.90 Å². The molecule has 0 spiro atoms. The Kier molecular flexibility index (Phi) is 4.18. The lowest BCUT2D eigenvalue weighted by Crippen LogP contribution is -2.34. The molecule has 2 atom stereocenters. The lowest BCUT2D eigenvalue weighted by molar-refractivity contribution is -0.143. The zero-order valence-electron chi connectivity index (χ0n) is 9.13. The normalized spacial score (nSPS) is 27.2. The third-order valence-electron chi connectivity index (χ3n) is 3.11. The van der Waals surface area contributed by atoms with Crippen molar-refractivity contribution in [2.24, 2.45) is 5.92 Å². The zero-order chi connectivity index (χ0) is 12.3. The minimum atomic E-state index is -4.12. The first kappa shape index (κ1) is 13.3. The van der Waals surface area contributed by atoms with E-state index in [0.29, 0.717) is 19.5 Å². The number of carbonyl (C=O) groups is 1. The number of hydrogen-bond acceptors (Lipinski definition) is 2. The van der Waals surface area contributed by atoms with Crippen molar-refractivity contribution in [2.45, 2.75) is 38.4 Å². The topological polar surface area (TPSA) is 40.5 Å². The fourth-order valence-electron chi connectivity index (χ4n) is 2.13. The van der Waals surface area contributed by atoms with Crippen LogP contribution in [0.3, 0.4) is 0 Å². The van der Waals surface area contributed by atoms with Crippen LogP contribution in [0, 0.1) is 5.92 Å². The first-order chi connectivity index (χ1) is 7.31. The van der Waals surface area contributed by atoms with E-state index < -0.39 is 24.5 Å². The highest BCUT2D eigenvalue weighted by molar-refractivity contribution is 5.71. The Balaban J connectivity index is 2.32. The number of rotatable bonds is 4. The maximum absolute atomic E-state index is 11.9. The number of halogens is 3. The van der Waals surface area contributed by atoms with E-state index in [2.05, 4.69) is 0 Å². The van der Waals surface area contributed by atoms with E-state index in [1.54, 1.807) is 6.92 Å². The molecule has 3 nitrogen and oxygen atoms in total. The van der Waals surface area contributed by atoms with E-state index in [0.717, 1.165) is 0 Å². The Bertz CT molecular complexity index is 255. The summed E-state index contributed by atoms with van der Waals surface area (Å²) in [7, 11) is 0. The van der Waals surface area contributed by atoms with Gasteiger partial charge in [-0.05, 0) is 32.9 Å². The van der Waals surface area contributed by atoms with Crippen LogP contribution in [0.15, 0.2) is 0 Å². The second-order valence-electron chi connectivity index (χ2n) is 4.23. The third-order valence-corrected chi connectivity index (χ3v) is 3.11.